The highest BCUT2D eigenvalue weighted by atomic mass is 32.2. The Kier molecular flexibility index (Phi) is 7.46. The number of hydrogen-bond donors (Lipinski definition) is 1. The van der Waals surface area contributed by atoms with Crippen molar-refractivity contribution in [1.29, 1.82) is 10.5 Å². The molecule has 0 spiro atoms. The Balaban J connectivity index is 2.10. The third-order valence-electron chi connectivity index (χ3n) is 5.60. The van der Waals surface area contributed by atoms with Gasteiger partial charge in [0.2, 0.25) is 10.0 Å². The predicted molar refractivity (Wildman–Crippen MR) is 128 cm³/mol. The number of benzene rings is 2. The molecule has 1 N–H and O–H groups in total. The van der Waals surface area contributed by atoms with Gasteiger partial charge in [-0.1, -0.05) is 49.7 Å². The van der Waals surface area contributed by atoms with Crippen molar-refractivity contribution >= 4 is 27.4 Å². The van der Waals surface area contributed by atoms with E-state index in [4.69, 9.17) is 0 Å². The molecule has 5 nitrogen and oxygen atoms in total. The van der Waals surface area contributed by atoms with Gasteiger partial charge < -0.3 is 0 Å². The largest absolute Gasteiger partial charge is 0.241 e. The Labute approximate surface area is 195 Å². The van der Waals surface area contributed by atoms with Crippen LogP contribution < -0.4 is 4.72 Å². The minimum atomic E-state index is -3.79. The highest BCUT2D eigenvalue weighted by Crippen LogP contribution is 2.44. The van der Waals surface area contributed by atoms with Crippen LogP contribution in [-0.4, -0.2) is 20.2 Å². The minimum Gasteiger partial charge on any atom is -0.207 e. The van der Waals surface area contributed by atoms with Gasteiger partial charge in [0.25, 0.3) is 0 Å². The fraction of sp³-hybridized carbons (Fsp3) is 0.360. The highest BCUT2D eigenvalue weighted by Gasteiger charge is 2.36. The van der Waals surface area contributed by atoms with Crippen molar-refractivity contribution in [3.8, 4) is 12.1 Å². The Bertz CT molecular complexity index is 1220. The molecule has 166 valence electrons. The Morgan fingerprint density at radius 3 is 2.47 bits per heavy atom. The van der Waals surface area contributed by atoms with E-state index in [1.807, 2.05) is 63.2 Å². The zero-order valence-corrected chi connectivity index (χ0v) is 20.3. The average molecular weight is 466 g/mol. The lowest BCUT2D eigenvalue weighted by atomic mass is 9.82. The molecule has 32 heavy (non-hydrogen) atoms. The summed E-state index contributed by atoms with van der Waals surface area (Å²) in [5.41, 5.74) is 3.21. The average Bonchev–Trinajstić information content (AvgIpc) is 2.73. The van der Waals surface area contributed by atoms with Gasteiger partial charge in [0.05, 0.1) is 4.90 Å². The van der Waals surface area contributed by atoms with Gasteiger partial charge in [-0.05, 0) is 55.0 Å². The smallest absolute Gasteiger partial charge is 0.207 e. The first kappa shape index (κ1) is 24.1. The molecule has 0 unspecified atom stereocenters. The van der Waals surface area contributed by atoms with E-state index in [1.165, 1.54) is 0 Å². The van der Waals surface area contributed by atoms with E-state index in [-0.39, 0.29) is 22.3 Å². The molecule has 0 aliphatic carbocycles. The number of rotatable bonds is 6. The first-order valence-corrected chi connectivity index (χ1v) is 13.0. The number of nitrogens with zero attached hydrogens (tertiary/aromatic N) is 2. The second-order valence-corrected chi connectivity index (χ2v) is 11.3. The summed E-state index contributed by atoms with van der Waals surface area (Å²) in [5.74, 6) is 0.511. The molecule has 0 fully saturated rings. The van der Waals surface area contributed by atoms with Crippen molar-refractivity contribution in [3.05, 3.63) is 64.7 Å². The van der Waals surface area contributed by atoms with Gasteiger partial charge in [-0.2, -0.15) is 10.5 Å². The number of nitrogens with one attached hydrogen (secondary N) is 1. The number of hydrogen-bond acceptors (Lipinski definition) is 5. The fourth-order valence-electron chi connectivity index (χ4n) is 4.23. The van der Waals surface area contributed by atoms with Crippen LogP contribution in [0.2, 0.25) is 0 Å². The molecule has 1 aliphatic heterocycles. The highest BCUT2D eigenvalue weighted by molar-refractivity contribution is 7.99. The van der Waals surface area contributed by atoms with E-state index in [9.17, 15) is 18.9 Å². The van der Waals surface area contributed by atoms with Crippen molar-refractivity contribution in [2.24, 2.45) is 11.8 Å². The summed E-state index contributed by atoms with van der Waals surface area (Å²) in [5, 5.41) is 19.4. The Morgan fingerprint density at radius 1 is 1.16 bits per heavy atom. The molecule has 0 saturated carbocycles. The van der Waals surface area contributed by atoms with Gasteiger partial charge in [0.15, 0.2) is 0 Å². The van der Waals surface area contributed by atoms with Crippen LogP contribution >= 0.6 is 11.8 Å². The maximum absolute atomic E-state index is 13.4. The zero-order chi connectivity index (χ0) is 23.5. The number of allylic oxidation sites excluding steroid dienone is 1. The number of aryl methyl sites for hydroxylation is 2. The summed E-state index contributed by atoms with van der Waals surface area (Å²) in [4.78, 5) is 1.26. The lowest BCUT2D eigenvalue weighted by Gasteiger charge is -2.35. The topological polar surface area (TPSA) is 93.8 Å². The van der Waals surface area contributed by atoms with E-state index >= 15 is 0 Å². The summed E-state index contributed by atoms with van der Waals surface area (Å²) < 4.78 is 29.7. The van der Waals surface area contributed by atoms with Crippen LogP contribution in [0, 0.1) is 48.3 Å². The van der Waals surface area contributed by atoms with Crippen LogP contribution in [0.15, 0.2) is 57.8 Å². The van der Waals surface area contributed by atoms with Crippen LogP contribution in [0.5, 0.6) is 0 Å². The van der Waals surface area contributed by atoms with Crippen molar-refractivity contribution in [1.82, 2.24) is 4.72 Å². The van der Waals surface area contributed by atoms with Crippen LogP contribution in [0.3, 0.4) is 0 Å². The van der Waals surface area contributed by atoms with E-state index < -0.39 is 16.1 Å². The molecule has 2 aromatic rings. The van der Waals surface area contributed by atoms with Crippen molar-refractivity contribution < 1.29 is 8.42 Å². The molecule has 0 amide bonds. The van der Waals surface area contributed by atoms with Crippen molar-refractivity contribution in [3.63, 3.8) is 0 Å². The fourth-order valence-corrected chi connectivity index (χ4v) is 7.01. The molecule has 1 aliphatic rings. The van der Waals surface area contributed by atoms with E-state index in [0.29, 0.717) is 23.3 Å². The van der Waals surface area contributed by atoms with Crippen LogP contribution in [0.1, 0.15) is 37.0 Å². The van der Waals surface area contributed by atoms with E-state index in [2.05, 4.69) is 4.72 Å². The van der Waals surface area contributed by atoms with Gasteiger partial charge in [-0.25, -0.2) is 13.1 Å². The van der Waals surface area contributed by atoms with Crippen molar-refractivity contribution in [2.75, 3.05) is 5.75 Å². The second-order valence-electron chi connectivity index (χ2n) is 8.55. The molecule has 2 atom stereocenters. The molecule has 1 heterocycles. The molecule has 0 bridgehead atoms. The predicted octanol–water partition coefficient (Wildman–Crippen LogP) is 5.22. The number of sulfonamides is 1. The van der Waals surface area contributed by atoms with Crippen molar-refractivity contribution in [2.45, 2.75) is 49.9 Å². The van der Waals surface area contributed by atoms with Crippen LogP contribution in [0.25, 0.3) is 5.57 Å². The van der Waals surface area contributed by atoms with Crippen LogP contribution in [0.4, 0.5) is 0 Å². The molecule has 0 aromatic heterocycles. The zero-order valence-electron chi connectivity index (χ0n) is 18.7. The third kappa shape index (κ3) is 5.07. The third-order valence-corrected chi connectivity index (χ3v) is 8.44. The van der Waals surface area contributed by atoms with Gasteiger partial charge in [-0.3, -0.25) is 0 Å². The number of nitriles is 2. The quantitative estimate of drug-likeness (QED) is 0.590. The van der Waals surface area contributed by atoms with Crippen LogP contribution in [-0.2, 0) is 10.0 Å². The van der Waals surface area contributed by atoms with Gasteiger partial charge in [-0.15, -0.1) is 11.8 Å². The number of fused-ring (bicyclic) bond motifs is 1. The monoisotopic (exact) mass is 465 g/mol. The first-order chi connectivity index (χ1) is 15.2. The molecule has 3 rings (SSSR count). The lowest BCUT2D eigenvalue weighted by Crippen LogP contribution is -2.43. The standard InChI is InChI=1S/C25H27N3O2S2/c1-16(2)11-22(28-32(29,30)24-10-9-17(3)12-18(24)4)21-15-31-23-8-6-5-7-20(23)25(21)19(13-26)14-27/h5-10,12,16,21-22,28H,11,15H2,1-4H3/t21-,22+/m1/s1. The summed E-state index contributed by atoms with van der Waals surface area (Å²) in [6, 6.07) is 16.6. The molecular weight excluding hydrogens is 438 g/mol. The summed E-state index contributed by atoms with van der Waals surface area (Å²) in [6.45, 7) is 7.81. The minimum absolute atomic E-state index is 0.0437. The Morgan fingerprint density at radius 2 is 1.84 bits per heavy atom. The molecule has 7 heteroatoms. The van der Waals surface area contributed by atoms with Gasteiger partial charge >= 0.3 is 0 Å². The normalized spacial score (nSPS) is 16.7. The van der Waals surface area contributed by atoms with Gasteiger partial charge in [0, 0.05) is 22.6 Å². The van der Waals surface area contributed by atoms with Gasteiger partial charge in [0.1, 0.15) is 17.7 Å². The summed E-state index contributed by atoms with van der Waals surface area (Å²) >= 11 is 1.63. The molecule has 2 aromatic carbocycles. The van der Waals surface area contributed by atoms with E-state index in [0.717, 1.165) is 16.0 Å². The maximum Gasteiger partial charge on any atom is 0.241 e. The summed E-state index contributed by atoms with van der Waals surface area (Å²) in [6.07, 6.45) is 0.588. The summed E-state index contributed by atoms with van der Waals surface area (Å²) in [7, 11) is -3.79. The molecular formula is C25H27N3O2S2. The molecule has 0 saturated heterocycles. The SMILES string of the molecule is Cc1ccc(S(=O)(=O)N[C@@H](CC(C)C)[C@H]2CSc3ccccc3C2=C(C#N)C#N)c(C)c1. The first-order valence-electron chi connectivity index (χ1n) is 10.5. The van der Waals surface area contributed by atoms with E-state index in [1.54, 1.807) is 30.8 Å². The number of thioether (sulfide) groups is 1. The molecule has 0 radical (unpaired) electrons. The Hall–Kier alpha value is -2.58. The second kappa shape index (κ2) is 9.92. The maximum atomic E-state index is 13.4. The lowest BCUT2D eigenvalue weighted by molar-refractivity contribution is 0.409.